The molecule has 0 aliphatic carbocycles. The van der Waals surface area contributed by atoms with Crippen LogP contribution in [0.2, 0.25) is 13.1 Å². The van der Waals surface area contributed by atoms with Crippen molar-refractivity contribution in [1.82, 2.24) is 14.5 Å². The fourth-order valence-electron chi connectivity index (χ4n) is 5.27. The van der Waals surface area contributed by atoms with Gasteiger partial charge in [-0.25, -0.2) is 4.98 Å². The summed E-state index contributed by atoms with van der Waals surface area (Å²) in [6, 6.07) is 31.1. The quantitative estimate of drug-likeness (QED) is 0.286. The predicted molar refractivity (Wildman–Crippen MR) is 156 cm³/mol. The molecule has 0 saturated heterocycles. The third-order valence-corrected chi connectivity index (χ3v) is 10.7. The molecule has 4 nitrogen and oxygen atoms in total. The first kappa shape index (κ1) is 23.2. The van der Waals surface area contributed by atoms with Gasteiger partial charge in [-0.2, -0.15) is 0 Å². The molecule has 0 amide bonds. The zero-order valence-corrected chi connectivity index (χ0v) is 22.5. The van der Waals surface area contributed by atoms with Crippen LogP contribution in [0.1, 0.15) is 11.1 Å². The van der Waals surface area contributed by atoms with Crippen LogP contribution in [-0.2, 0) is 0 Å². The molecule has 0 radical (unpaired) electrons. The zero-order valence-electron chi connectivity index (χ0n) is 21.5. The van der Waals surface area contributed by atoms with Gasteiger partial charge in [-0.05, 0) is 61.9 Å². The summed E-state index contributed by atoms with van der Waals surface area (Å²) in [7, 11) is -1.97. The van der Waals surface area contributed by atoms with Gasteiger partial charge in [0.2, 0.25) is 0 Å². The highest BCUT2D eigenvalue weighted by Gasteiger charge is 2.28. The first-order valence-corrected chi connectivity index (χ1v) is 15.6. The van der Waals surface area contributed by atoms with Gasteiger partial charge in [0.25, 0.3) is 0 Å². The Bertz CT molecular complexity index is 1790. The van der Waals surface area contributed by atoms with Gasteiger partial charge in [0.05, 0.1) is 16.9 Å². The number of rotatable bonds is 4. The van der Waals surface area contributed by atoms with E-state index in [4.69, 9.17) is 9.97 Å². The van der Waals surface area contributed by atoms with Crippen molar-refractivity contribution in [3.63, 3.8) is 0 Å². The molecule has 3 aromatic carbocycles. The normalized spacial score (nSPS) is 11.9. The number of benzene rings is 3. The molecule has 182 valence electrons. The lowest BCUT2D eigenvalue weighted by molar-refractivity contribution is 0.473. The van der Waals surface area contributed by atoms with Crippen molar-refractivity contribution in [2.45, 2.75) is 26.9 Å². The Labute approximate surface area is 217 Å². The molecule has 37 heavy (non-hydrogen) atoms. The van der Waals surface area contributed by atoms with Crippen LogP contribution in [0.3, 0.4) is 0 Å². The van der Waals surface area contributed by atoms with Gasteiger partial charge in [-0.1, -0.05) is 72.4 Å². The maximum Gasteiger partial charge on any atom is 0.146 e. The van der Waals surface area contributed by atoms with Crippen LogP contribution >= 0.6 is 0 Å². The van der Waals surface area contributed by atoms with Crippen LogP contribution in [0.15, 0.2) is 97.2 Å². The van der Waals surface area contributed by atoms with E-state index in [2.05, 4.69) is 92.2 Å². The van der Waals surface area contributed by atoms with Gasteiger partial charge in [-0.3, -0.25) is 9.55 Å². The Hall–Kier alpha value is -4.22. The standard InChI is InChI=1S/C32H29N3OSi/c1-21-15-16-27-25(18-21)26-19-22(2)31(34-32(26)35(27)28-12-5-6-13-29(28)36)23-10-9-11-24(20-23)37(3,4)30-14-7-8-17-33-30/h5-20,36H,1-4H3. The van der Waals surface area contributed by atoms with E-state index in [1.807, 2.05) is 30.5 Å². The number of aromatic hydroxyl groups is 1. The van der Waals surface area contributed by atoms with Crippen LogP contribution < -0.4 is 10.5 Å². The Morgan fingerprint density at radius 3 is 2.38 bits per heavy atom. The fraction of sp³-hybridized carbons (Fsp3) is 0.125. The SMILES string of the molecule is Cc1ccc2c(c1)c1cc(C)c(-c3cccc([Si](C)(C)c4ccccn4)c3)nc1n2-c1ccccc1O. The van der Waals surface area contributed by atoms with Crippen molar-refractivity contribution >= 4 is 40.5 Å². The molecule has 6 rings (SSSR count). The van der Waals surface area contributed by atoms with Crippen molar-refractivity contribution in [3.05, 3.63) is 108 Å². The van der Waals surface area contributed by atoms with E-state index in [-0.39, 0.29) is 5.75 Å². The largest absolute Gasteiger partial charge is 0.506 e. The minimum absolute atomic E-state index is 0.232. The molecule has 0 atom stereocenters. The number of aromatic nitrogens is 3. The summed E-state index contributed by atoms with van der Waals surface area (Å²) in [4.78, 5) is 9.97. The molecule has 0 unspecified atom stereocenters. The van der Waals surface area contributed by atoms with Gasteiger partial charge in [0.15, 0.2) is 0 Å². The Morgan fingerprint density at radius 1 is 0.784 bits per heavy atom. The monoisotopic (exact) mass is 499 g/mol. The minimum atomic E-state index is -1.97. The lowest BCUT2D eigenvalue weighted by Gasteiger charge is -2.23. The zero-order chi connectivity index (χ0) is 25.7. The molecule has 3 aromatic heterocycles. The molecule has 0 aliphatic rings. The highest BCUT2D eigenvalue weighted by Crippen LogP contribution is 2.36. The van der Waals surface area contributed by atoms with Crippen molar-refractivity contribution in [3.8, 4) is 22.7 Å². The first-order valence-electron chi connectivity index (χ1n) is 12.6. The van der Waals surface area contributed by atoms with E-state index >= 15 is 0 Å². The van der Waals surface area contributed by atoms with Crippen LogP contribution in [-0.4, -0.2) is 27.7 Å². The van der Waals surface area contributed by atoms with Gasteiger partial charge >= 0.3 is 0 Å². The number of hydrogen-bond donors (Lipinski definition) is 1. The number of phenols is 1. The fourth-order valence-corrected chi connectivity index (χ4v) is 7.51. The lowest BCUT2D eigenvalue weighted by Crippen LogP contribution is -2.54. The first-order chi connectivity index (χ1) is 17.8. The lowest BCUT2D eigenvalue weighted by atomic mass is 10.0. The second-order valence-electron chi connectivity index (χ2n) is 10.3. The molecular formula is C32H29N3OSi. The molecule has 3 heterocycles. The van der Waals surface area contributed by atoms with Crippen molar-refractivity contribution in [1.29, 1.82) is 0 Å². The average molecular weight is 500 g/mol. The highest BCUT2D eigenvalue weighted by molar-refractivity contribution is 6.99. The van der Waals surface area contributed by atoms with Crippen LogP contribution in [0.5, 0.6) is 5.75 Å². The van der Waals surface area contributed by atoms with Crippen molar-refractivity contribution in [2.24, 2.45) is 0 Å². The third kappa shape index (κ3) is 3.83. The van der Waals surface area contributed by atoms with Gasteiger partial charge < -0.3 is 5.11 Å². The Balaban J connectivity index is 1.60. The maximum absolute atomic E-state index is 10.8. The summed E-state index contributed by atoms with van der Waals surface area (Å²) in [6.45, 7) is 8.93. The molecule has 6 aromatic rings. The molecule has 5 heteroatoms. The molecule has 0 aliphatic heterocycles. The van der Waals surface area contributed by atoms with Crippen LogP contribution in [0.4, 0.5) is 0 Å². The number of pyridine rings is 2. The summed E-state index contributed by atoms with van der Waals surface area (Å²) in [5.74, 6) is 0.232. The van der Waals surface area contributed by atoms with E-state index < -0.39 is 8.07 Å². The molecule has 0 spiro atoms. The third-order valence-electron chi connectivity index (χ3n) is 7.37. The second kappa shape index (κ2) is 8.71. The smallest absolute Gasteiger partial charge is 0.146 e. The summed E-state index contributed by atoms with van der Waals surface area (Å²) in [5, 5.41) is 15.5. The van der Waals surface area contributed by atoms with E-state index in [1.54, 1.807) is 6.07 Å². The maximum atomic E-state index is 10.8. The molecule has 0 bridgehead atoms. The molecule has 0 saturated carbocycles. The molecule has 0 fully saturated rings. The summed E-state index contributed by atoms with van der Waals surface area (Å²) >= 11 is 0. The van der Waals surface area contributed by atoms with E-state index in [1.165, 1.54) is 16.1 Å². The number of fused-ring (bicyclic) bond motifs is 3. The molecular weight excluding hydrogens is 470 g/mol. The predicted octanol–water partition coefficient (Wildman–Crippen LogP) is 6.39. The van der Waals surface area contributed by atoms with E-state index in [9.17, 15) is 5.11 Å². The summed E-state index contributed by atoms with van der Waals surface area (Å²) in [5.41, 5.74) is 6.97. The van der Waals surface area contributed by atoms with Gasteiger partial charge in [0, 0.05) is 27.8 Å². The topological polar surface area (TPSA) is 50.9 Å². The Morgan fingerprint density at radius 2 is 1.59 bits per heavy atom. The average Bonchev–Trinajstić information content (AvgIpc) is 3.21. The number of para-hydroxylation sites is 2. The van der Waals surface area contributed by atoms with E-state index in [0.717, 1.165) is 44.4 Å². The highest BCUT2D eigenvalue weighted by atomic mass is 28.3. The second-order valence-corrected chi connectivity index (χ2v) is 14.6. The minimum Gasteiger partial charge on any atom is -0.506 e. The van der Waals surface area contributed by atoms with Crippen LogP contribution in [0, 0.1) is 13.8 Å². The summed E-state index contributed by atoms with van der Waals surface area (Å²) in [6.07, 6.45) is 1.88. The molecule has 1 N–H and O–H groups in total. The number of aryl methyl sites for hydroxylation is 2. The van der Waals surface area contributed by atoms with E-state index in [0.29, 0.717) is 0 Å². The van der Waals surface area contributed by atoms with Gasteiger partial charge in [0.1, 0.15) is 19.5 Å². The van der Waals surface area contributed by atoms with Gasteiger partial charge in [-0.15, -0.1) is 0 Å². The number of phenolic OH excluding ortho intramolecular Hbond substituents is 1. The van der Waals surface area contributed by atoms with Crippen LogP contribution in [0.25, 0.3) is 38.9 Å². The Kier molecular flexibility index (Phi) is 5.46. The number of hydrogen-bond acceptors (Lipinski definition) is 3. The summed E-state index contributed by atoms with van der Waals surface area (Å²) < 4.78 is 2.08. The number of nitrogens with zero attached hydrogens (tertiary/aromatic N) is 3. The van der Waals surface area contributed by atoms with Crippen molar-refractivity contribution < 1.29 is 5.11 Å². The van der Waals surface area contributed by atoms with Crippen molar-refractivity contribution in [2.75, 3.05) is 0 Å².